The number of anilines is 1. The van der Waals surface area contributed by atoms with Gasteiger partial charge in [0.15, 0.2) is 0 Å². The smallest absolute Gasteiger partial charge is 0.256 e. The second-order valence-corrected chi connectivity index (χ2v) is 5.91. The van der Waals surface area contributed by atoms with Crippen LogP contribution < -0.4 is 11.1 Å². The molecule has 0 fully saturated rings. The third kappa shape index (κ3) is 3.68. The fourth-order valence-corrected chi connectivity index (χ4v) is 2.42. The van der Waals surface area contributed by atoms with Crippen molar-refractivity contribution in [3.8, 4) is 0 Å². The Labute approximate surface area is 136 Å². The summed E-state index contributed by atoms with van der Waals surface area (Å²) in [5, 5.41) is 2.42. The van der Waals surface area contributed by atoms with Gasteiger partial charge in [-0.1, -0.05) is 15.9 Å². The zero-order chi connectivity index (χ0) is 15.6. The quantitative estimate of drug-likeness (QED) is 0.802. The molecule has 21 heavy (non-hydrogen) atoms. The lowest BCUT2D eigenvalue weighted by molar-refractivity contribution is 0.0996. The van der Waals surface area contributed by atoms with Gasteiger partial charge in [-0.05, 0) is 52.3 Å². The average Bonchev–Trinajstić information content (AvgIpc) is 2.43. The molecule has 2 rings (SSSR count). The first-order chi connectivity index (χ1) is 9.88. The Morgan fingerprint density at radius 2 is 1.81 bits per heavy atom. The van der Waals surface area contributed by atoms with E-state index in [1.165, 1.54) is 12.1 Å². The van der Waals surface area contributed by atoms with Gasteiger partial charge in [-0.25, -0.2) is 4.39 Å². The molecule has 0 aliphatic heterocycles. The van der Waals surface area contributed by atoms with Crippen molar-refractivity contribution in [3.63, 3.8) is 0 Å². The highest BCUT2D eigenvalue weighted by molar-refractivity contribution is 9.11. The van der Waals surface area contributed by atoms with E-state index in [1.807, 2.05) is 0 Å². The van der Waals surface area contributed by atoms with Crippen LogP contribution in [0.2, 0.25) is 0 Å². The summed E-state index contributed by atoms with van der Waals surface area (Å²) in [6.07, 6.45) is 0. The summed E-state index contributed by atoms with van der Waals surface area (Å²) >= 11 is 6.51. The number of hydrogen-bond donors (Lipinski definition) is 2. The molecule has 0 heterocycles. The monoisotopic (exact) mass is 414 g/mol. The Morgan fingerprint density at radius 1 is 1.10 bits per heavy atom. The molecular weight excluding hydrogens is 407 g/mol. The number of rotatable bonds is 3. The zero-order valence-corrected chi connectivity index (χ0v) is 13.7. The second-order valence-electron chi connectivity index (χ2n) is 4.14. The summed E-state index contributed by atoms with van der Waals surface area (Å²) in [7, 11) is 0. The van der Waals surface area contributed by atoms with Crippen LogP contribution in [0.5, 0.6) is 0 Å². The molecular formula is C14H9Br2FN2O2. The standard InChI is InChI=1S/C14H9Br2FN2O2/c15-8-2-3-10(16)9(6-8)14(21)19-12-5-7(13(18)20)1-4-11(12)17/h1-6H,(H2,18,20)(H,19,21). The van der Waals surface area contributed by atoms with E-state index < -0.39 is 17.6 Å². The van der Waals surface area contributed by atoms with E-state index in [-0.39, 0.29) is 11.3 Å². The van der Waals surface area contributed by atoms with Crippen molar-refractivity contribution < 1.29 is 14.0 Å². The van der Waals surface area contributed by atoms with Crippen LogP contribution in [0.3, 0.4) is 0 Å². The molecule has 0 saturated heterocycles. The van der Waals surface area contributed by atoms with Crippen LogP contribution in [0.1, 0.15) is 20.7 Å². The van der Waals surface area contributed by atoms with E-state index in [9.17, 15) is 14.0 Å². The number of amides is 2. The number of nitrogens with one attached hydrogen (secondary N) is 1. The summed E-state index contributed by atoms with van der Waals surface area (Å²) in [6.45, 7) is 0. The number of hydrogen-bond acceptors (Lipinski definition) is 2. The molecule has 0 spiro atoms. The minimum absolute atomic E-state index is 0.108. The summed E-state index contributed by atoms with van der Waals surface area (Å²) in [5.41, 5.74) is 5.46. The van der Waals surface area contributed by atoms with Gasteiger partial charge >= 0.3 is 0 Å². The molecule has 2 amide bonds. The van der Waals surface area contributed by atoms with Crippen molar-refractivity contribution in [2.75, 3.05) is 5.32 Å². The third-order valence-corrected chi connectivity index (χ3v) is 3.86. The molecule has 0 unspecified atom stereocenters. The van der Waals surface area contributed by atoms with Crippen molar-refractivity contribution in [2.24, 2.45) is 5.73 Å². The van der Waals surface area contributed by atoms with E-state index >= 15 is 0 Å². The molecule has 0 aliphatic carbocycles. The highest BCUT2D eigenvalue weighted by atomic mass is 79.9. The van der Waals surface area contributed by atoms with Crippen LogP contribution in [-0.4, -0.2) is 11.8 Å². The molecule has 108 valence electrons. The maximum atomic E-state index is 13.7. The van der Waals surface area contributed by atoms with Gasteiger partial charge in [-0.3, -0.25) is 9.59 Å². The van der Waals surface area contributed by atoms with Gasteiger partial charge < -0.3 is 11.1 Å². The zero-order valence-electron chi connectivity index (χ0n) is 10.5. The van der Waals surface area contributed by atoms with Gasteiger partial charge in [0.05, 0.1) is 11.3 Å². The topological polar surface area (TPSA) is 72.2 Å². The molecule has 3 N–H and O–H groups in total. The van der Waals surface area contributed by atoms with Crippen LogP contribution in [0.4, 0.5) is 10.1 Å². The summed E-state index contributed by atoms with van der Waals surface area (Å²) in [6, 6.07) is 8.56. The Balaban J connectivity index is 2.33. The number of nitrogens with two attached hydrogens (primary N) is 1. The van der Waals surface area contributed by atoms with Gasteiger partial charge in [-0.2, -0.15) is 0 Å². The summed E-state index contributed by atoms with van der Waals surface area (Å²) in [5.74, 6) is -1.86. The number of halogens is 3. The summed E-state index contributed by atoms with van der Waals surface area (Å²) in [4.78, 5) is 23.3. The van der Waals surface area contributed by atoms with E-state index in [4.69, 9.17) is 5.73 Å². The fourth-order valence-electron chi connectivity index (χ4n) is 1.64. The maximum absolute atomic E-state index is 13.7. The maximum Gasteiger partial charge on any atom is 0.256 e. The lowest BCUT2D eigenvalue weighted by atomic mass is 10.1. The van der Waals surface area contributed by atoms with Gasteiger partial charge in [0.2, 0.25) is 5.91 Å². The molecule has 0 aliphatic rings. The number of benzene rings is 2. The van der Waals surface area contributed by atoms with Gasteiger partial charge in [0.1, 0.15) is 5.82 Å². The van der Waals surface area contributed by atoms with Crippen LogP contribution in [-0.2, 0) is 0 Å². The SMILES string of the molecule is NC(=O)c1ccc(F)c(NC(=O)c2cc(Br)ccc2Br)c1. The lowest BCUT2D eigenvalue weighted by Gasteiger charge is -2.09. The first-order valence-corrected chi connectivity index (χ1v) is 7.33. The minimum Gasteiger partial charge on any atom is -0.366 e. The highest BCUT2D eigenvalue weighted by Crippen LogP contribution is 2.23. The van der Waals surface area contributed by atoms with Gasteiger partial charge in [0.25, 0.3) is 5.91 Å². The largest absolute Gasteiger partial charge is 0.366 e. The Kier molecular flexibility index (Phi) is 4.74. The van der Waals surface area contributed by atoms with E-state index in [0.717, 1.165) is 6.07 Å². The predicted molar refractivity (Wildman–Crippen MR) is 84.7 cm³/mol. The normalized spacial score (nSPS) is 10.2. The number of carbonyl (C=O) groups is 2. The minimum atomic E-state index is -0.700. The highest BCUT2D eigenvalue weighted by Gasteiger charge is 2.14. The Morgan fingerprint density at radius 3 is 2.48 bits per heavy atom. The molecule has 0 aromatic heterocycles. The van der Waals surface area contributed by atoms with Crippen LogP contribution >= 0.6 is 31.9 Å². The van der Waals surface area contributed by atoms with Crippen LogP contribution in [0, 0.1) is 5.82 Å². The van der Waals surface area contributed by atoms with Crippen molar-refractivity contribution >= 4 is 49.4 Å². The van der Waals surface area contributed by atoms with E-state index in [2.05, 4.69) is 37.2 Å². The predicted octanol–water partition coefficient (Wildman–Crippen LogP) is 3.70. The molecule has 0 radical (unpaired) electrons. The van der Waals surface area contributed by atoms with Crippen molar-refractivity contribution in [3.05, 3.63) is 62.3 Å². The Bertz CT molecular complexity index is 735. The van der Waals surface area contributed by atoms with Crippen molar-refractivity contribution in [1.29, 1.82) is 0 Å². The van der Waals surface area contributed by atoms with Crippen molar-refractivity contribution in [1.82, 2.24) is 0 Å². The average molecular weight is 416 g/mol. The van der Waals surface area contributed by atoms with Crippen LogP contribution in [0.25, 0.3) is 0 Å². The third-order valence-electron chi connectivity index (χ3n) is 2.67. The fraction of sp³-hybridized carbons (Fsp3) is 0. The van der Waals surface area contributed by atoms with E-state index in [0.29, 0.717) is 14.5 Å². The van der Waals surface area contributed by atoms with Crippen molar-refractivity contribution in [2.45, 2.75) is 0 Å². The van der Waals surface area contributed by atoms with E-state index in [1.54, 1.807) is 18.2 Å². The van der Waals surface area contributed by atoms with Crippen LogP contribution in [0.15, 0.2) is 45.3 Å². The Hall–Kier alpha value is -1.73. The number of carbonyl (C=O) groups excluding carboxylic acids is 2. The second kappa shape index (κ2) is 6.36. The number of primary amides is 1. The summed E-state index contributed by atoms with van der Waals surface area (Å²) < 4.78 is 15.0. The molecule has 4 nitrogen and oxygen atoms in total. The van der Waals surface area contributed by atoms with Gasteiger partial charge in [-0.15, -0.1) is 0 Å². The molecule has 7 heteroatoms. The molecule has 0 atom stereocenters. The molecule has 0 bridgehead atoms. The van der Waals surface area contributed by atoms with Gasteiger partial charge in [0, 0.05) is 14.5 Å². The lowest BCUT2D eigenvalue weighted by Crippen LogP contribution is -2.16. The molecule has 2 aromatic carbocycles. The molecule has 2 aromatic rings. The first kappa shape index (κ1) is 15.7. The molecule has 0 saturated carbocycles. The first-order valence-electron chi connectivity index (χ1n) is 5.74.